The number of ether oxygens (including phenoxy) is 3. The molecule has 0 bridgehead atoms. The highest BCUT2D eigenvalue weighted by Gasteiger charge is 2.17. The van der Waals surface area contributed by atoms with E-state index in [9.17, 15) is 8.42 Å². The maximum absolute atomic E-state index is 12.5. The van der Waals surface area contributed by atoms with Crippen LogP contribution in [0.1, 0.15) is 16.7 Å². The smallest absolute Gasteiger partial charge is 0.240 e. The van der Waals surface area contributed by atoms with E-state index in [0.717, 1.165) is 11.1 Å². The third-order valence-corrected chi connectivity index (χ3v) is 5.38. The van der Waals surface area contributed by atoms with Crippen LogP contribution in [0.25, 0.3) is 0 Å². The number of aryl methyl sites for hydroxylation is 2. The van der Waals surface area contributed by atoms with Gasteiger partial charge in [-0.1, -0.05) is 6.07 Å². The van der Waals surface area contributed by atoms with E-state index < -0.39 is 10.0 Å². The highest BCUT2D eigenvalue weighted by Crippen LogP contribution is 2.38. The Bertz CT molecular complexity index is 837. The molecule has 0 heterocycles. The number of rotatable bonds is 7. The van der Waals surface area contributed by atoms with Crippen molar-refractivity contribution in [1.29, 1.82) is 0 Å². The number of benzene rings is 2. The number of sulfonamides is 1. The molecule has 0 spiro atoms. The van der Waals surface area contributed by atoms with Crippen molar-refractivity contribution in [2.24, 2.45) is 0 Å². The van der Waals surface area contributed by atoms with Gasteiger partial charge in [0.1, 0.15) is 0 Å². The molecule has 0 unspecified atom stereocenters. The Morgan fingerprint density at radius 3 is 1.96 bits per heavy atom. The van der Waals surface area contributed by atoms with Gasteiger partial charge >= 0.3 is 0 Å². The van der Waals surface area contributed by atoms with E-state index in [-0.39, 0.29) is 11.4 Å². The summed E-state index contributed by atoms with van der Waals surface area (Å²) in [4.78, 5) is 0.239. The summed E-state index contributed by atoms with van der Waals surface area (Å²) in [5, 5.41) is 0. The Labute approximate surface area is 148 Å². The van der Waals surface area contributed by atoms with Gasteiger partial charge in [0.05, 0.1) is 26.2 Å². The summed E-state index contributed by atoms with van der Waals surface area (Å²) in [6, 6.07) is 8.48. The minimum Gasteiger partial charge on any atom is -0.493 e. The lowest BCUT2D eigenvalue weighted by Crippen LogP contribution is -2.23. The SMILES string of the molecule is COc1cc(CNS(=O)(=O)c2ccc(C)c(C)c2)cc(OC)c1OC. The normalized spacial score (nSPS) is 11.2. The number of methoxy groups -OCH3 is 3. The van der Waals surface area contributed by atoms with Crippen molar-refractivity contribution in [3.05, 3.63) is 47.0 Å². The van der Waals surface area contributed by atoms with E-state index in [1.165, 1.54) is 21.3 Å². The van der Waals surface area contributed by atoms with Crippen LogP contribution < -0.4 is 18.9 Å². The van der Waals surface area contributed by atoms with Crippen molar-refractivity contribution in [3.8, 4) is 17.2 Å². The Kier molecular flexibility index (Phi) is 5.92. The van der Waals surface area contributed by atoms with Gasteiger partial charge in [0, 0.05) is 6.54 Å². The molecule has 0 aromatic heterocycles. The molecule has 0 aliphatic rings. The van der Waals surface area contributed by atoms with Gasteiger partial charge in [0.15, 0.2) is 11.5 Å². The van der Waals surface area contributed by atoms with Gasteiger partial charge in [-0.05, 0) is 54.8 Å². The summed E-state index contributed by atoms with van der Waals surface area (Å²) in [5.74, 6) is 1.41. The highest BCUT2D eigenvalue weighted by atomic mass is 32.2. The molecule has 136 valence electrons. The molecule has 1 N–H and O–H groups in total. The summed E-state index contributed by atoms with van der Waals surface area (Å²) < 4.78 is 43.4. The van der Waals surface area contributed by atoms with Gasteiger partial charge < -0.3 is 14.2 Å². The third-order valence-electron chi connectivity index (χ3n) is 3.98. The molecule has 0 aliphatic carbocycles. The second kappa shape index (κ2) is 7.76. The van der Waals surface area contributed by atoms with Crippen LogP contribution in [0.3, 0.4) is 0 Å². The van der Waals surface area contributed by atoms with Crippen LogP contribution in [0.2, 0.25) is 0 Å². The number of hydrogen-bond donors (Lipinski definition) is 1. The van der Waals surface area contributed by atoms with Crippen molar-refractivity contribution in [2.75, 3.05) is 21.3 Å². The van der Waals surface area contributed by atoms with Crippen molar-refractivity contribution < 1.29 is 22.6 Å². The number of hydrogen-bond acceptors (Lipinski definition) is 5. The average Bonchev–Trinajstić information content (AvgIpc) is 2.61. The van der Waals surface area contributed by atoms with Crippen molar-refractivity contribution >= 4 is 10.0 Å². The first-order valence-corrected chi connectivity index (χ1v) is 9.16. The first-order chi connectivity index (χ1) is 11.8. The molecule has 0 saturated carbocycles. The fourth-order valence-electron chi connectivity index (χ4n) is 2.38. The van der Waals surface area contributed by atoms with Crippen molar-refractivity contribution in [2.45, 2.75) is 25.3 Å². The van der Waals surface area contributed by atoms with E-state index in [4.69, 9.17) is 14.2 Å². The summed E-state index contributed by atoms with van der Waals surface area (Å²) in [6.07, 6.45) is 0. The summed E-state index contributed by atoms with van der Waals surface area (Å²) in [7, 11) is 0.929. The predicted octanol–water partition coefficient (Wildman–Crippen LogP) is 2.81. The molecule has 0 radical (unpaired) electrons. The Balaban J connectivity index is 2.26. The van der Waals surface area contributed by atoms with Crippen LogP contribution in [0, 0.1) is 13.8 Å². The standard InChI is InChI=1S/C18H23NO5S/c1-12-6-7-15(8-13(12)2)25(20,21)19-11-14-9-16(22-3)18(24-5)17(10-14)23-4/h6-10,19H,11H2,1-5H3. The summed E-state index contributed by atoms with van der Waals surface area (Å²) in [6.45, 7) is 3.93. The average molecular weight is 365 g/mol. The van der Waals surface area contributed by atoms with Crippen LogP contribution in [0.5, 0.6) is 17.2 Å². The molecule has 7 heteroatoms. The molecule has 0 saturated heterocycles. The lowest BCUT2D eigenvalue weighted by atomic mass is 10.1. The van der Waals surface area contributed by atoms with E-state index in [1.807, 2.05) is 13.8 Å². The van der Waals surface area contributed by atoms with Crippen molar-refractivity contribution in [3.63, 3.8) is 0 Å². The Hall–Kier alpha value is -2.25. The molecular formula is C18H23NO5S. The summed E-state index contributed by atoms with van der Waals surface area (Å²) >= 11 is 0. The van der Waals surface area contributed by atoms with Crippen LogP contribution in [0.15, 0.2) is 35.2 Å². The van der Waals surface area contributed by atoms with Gasteiger partial charge in [-0.2, -0.15) is 0 Å². The lowest BCUT2D eigenvalue weighted by molar-refractivity contribution is 0.323. The minimum absolute atomic E-state index is 0.103. The minimum atomic E-state index is -3.62. The fourth-order valence-corrected chi connectivity index (χ4v) is 3.48. The van der Waals surface area contributed by atoms with Gasteiger partial charge in [-0.25, -0.2) is 13.1 Å². The van der Waals surface area contributed by atoms with E-state index in [0.29, 0.717) is 22.8 Å². The summed E-state index contributed by atoms with van der Waals surface area (Å²) in [5.41, 5.74) is 2.67. The maximum Gasteiger partial charge on any atom is 0.240 e. The first kappa shape index (κ1) is 19.1. The molecular weight excluding hydrogens is 342 g/mol. The maximum atomic E-state index is 12.5. The van der Waals surface area contributed by atoms with Crippen LogP contribution in [-0.2, 0) is 16.6 Å². The predicted molar refractivity (Wildman–Crippen MR) is 96.0 cm³/mol. The lowest BCUT2D eigenvalue weighted by Gasteiger charge is -2.14. The molecule has 0 aliphatic heterocycles. The van der Waals surface area contributed by atoms with Crippen molar-refractivity contribution in [1.82, 2.24) is 4.72 Å². The van der Waals surface area contributed by atoms with Gasteiger partial charge in [0.2, 0.25) is 15.8 Å². The first-order valence-electron chi connectivity index (χ1n) is 7.68. The van der Waals surface area contributed by atoms with Gasteiger partial charge in [-0.3, -0.25) is 0 Å². The van der Waals surface area contributed by atoms with E-state index in [2.05, 4.69) is 4.72 Å². The fraction of sp³-hybridized carbons (Fsp3) is 0.333. The largest absolute Gasteiger partial charge is 0.493 e. The second-order valence-electron chi connectivity index (χ2n) is 5.60. The van der Waals surface area contributed by atoms with Gasteiger partial charge in [0.25, 0.3) is 0 Å². The van der Waals surface area contributed by atoms with E-state index >= 15 is 0 Å². The monoisotopic (exact) mass is 365 g/mol. The molecule has 2 aromatic carbocycles. The van der Waals surface area contributed by atoms with Gasteiger partial charge in [-0.15, -0.1) is 0 Å². The topological polar surface area (TPSA) is 73.9 Å². The zero-order chi connectivity index (χ0) is 18.6. The molecule has 0 amide bonds. The number of nitrogens with one attached hydrogen (secondary N) is 1. The van der Waals surface area contributed by atoms with Crippen LogP contribution >= 0.6 is 0 Å². The quantitative estimate of drug-likeness (QED) is 0.817. The zero-order valence-corrected chi connectivity index (χ0v) is 15.9. The third kappa shape index (κ3) is 4.24. The van der Waals surface area contributed by atoms with Crippen LogP contribution in [0.4, 0.5) is 0 Å². The Morgan fingerprint density at radius 2 is 1.48 bits per heavy atom. The Morgan fingerprint density at radius 1 is 0.880 bits per heavy atom. The molecule has 0 atom stereocenters. The van der Waals surface area contributed by atoms with E-state index in [1.54, 1.807) is 30.3 Å². The molecule has 25 heavy (non-hydrogen) atoms. The zero-order valence-electron chi connectivity index (χ0n) is 15.0. The van der Waals surface area contributed by atoms with Crippen LogP contribution in [-0.4, -0.2) is 29.7 Å². The second-order valence-corrected chi connectivity index (χ2v) is 7.37. The molecule has 2 rings (SSSR count). The molecule has 6 nitrogen and oxygen atoms in total. The highest BCUT2D eigenvalue weighted by molar-refractivity contribution is 7.89. The molecule has 0 fully saturated rings. The molecule has 2 aromatic rings.